The molecule has 0 aliphatic carbocycles. The third-order valence-corrected chi connectivity index (χ3v) is 3.23. The number of para-hydroxylation sites is 1. The first-order chi connectivity index (χ1) is 8.67. The zero-order valence-corrected chi connectivity index (χ0v) is 10.7. The van der Waals surface area contributed by atoms with Crippen molar-refractivity contribution >= 4 is 17.3 Å². The van der Waals surface area contributed by atoms with Crippen molar-refractivity contribution in [2.75, 3.05) is 14.2 Å². The van der Waals surface area contributed by atoms with Crippen LogP contribution in [-0.4, -0.2) is 30.3 Å². The van der Waals surface area contributed by atoms with E-state index in [-0.39, 0.29) is 5.69 Å². The van der Waals surface area contributed by atoms with E-state index in [0.717, 1.165) is 0 Å². The molecule has 0 radical (unpaired) electrons. The van der Waals surface area contributed by atoms with E-state index in [1.54, 1.807) is 19.2 Å². The van der Waals surface area contributed by atoms with E-state index in [4.69, 9.17) is 14.6 Å². The van der Waals surface area contributed by atoms with Crippen LogP contribution in [-0.2, 0) is 0 Å². The number of carbonyl (C=O) groups is 1. The molecule has 2 aromatic rings. The van der Waals surface area contributed by atoms with Crippen molar-refractivity contribution in [2.45, 2.75) is 0 Å². The molecule has 2 rings (SSSR count). The highest BCUT2D eigenvalue weighted by atomic mass is 32.1. The standard InChI is InChI=1S/C12H11NO4S/c1-16-9-5-3-4-7(10(9)17-2)11-13-8(6-18-11)12(14)15/h3-6H,1-2H3,(H,14,15). The van der Waals surface area contributed by atoms with E-state index in [0.29, 0.717) is 22.1 Å². The van der Waals surface area contributed by atoms with E-state index in [1.807, 2.05) is 6.07 Å². The van der Waals surface area contributed by atoms with Crippen molar-refractivity contribution in [1.29, 1.82) is 0 Å². The van der Waals surface area contributed by atoms with Gasteiger partial charge in [0.1, 0.15) is 5.01 Å². The van der Waals surface area contributed by atoms with E-state index < -0.39 is 5.97 Å². The molecule has 0 unspecified atom stereocenters. The van der Waals surface area contributed by atoms with Gasteiger partial charge in [-0.05, 0) is 12.1 Å². The molecule has 94 valence electrons. The van der Waals surface area contributed by atoms with Crippen LogP contribution in [0.2, 0.25) is 0 Å². The average molecular weight is 265 g/mol. The lowest BCUT2D eigenvalue weighted by Crippen LogP contribution is -1.96. The van der Waals surface area contributed by atoms with Crippen molar-refractivity contribution in [3.63, 3.8) is 0 Å². The molecule has 0 saturated carbocycles. The van der Waals surface area contributed by atoms with Crippen LogP contribution in [0.25, 0.3) is 10.6 Å². The molecule has 0 amide bonds. The Balaban J connectivity index is 2.52. The zero-order chi connectivity index (χ0) is 13.1. The van der Waals surface area contributed by atoms with Crippen molar-refractivity contribution in [3.05, 3.63) is 29.3 Å². The number of ether oxygens (including phenoxy) is 2. The van der Waals surface area contributed by atoms with Crippen LogP contribution >= 0.6 is 11.3 Å². The quantitative estimate of drug-likeness (QED) is 0.920. The van der Waals surface area contributed by atoms with Gasteiger partial charge >= 0.3 is 5.97 Å². The first-order valence-corrected chi connectivity index (χ1v) is 5.95. The molecule has 1 aromatic heterocycles. The summed E-state index contributed by atoms with van der Waals surface area (Å²) in [5, 5.41) is 10.9. The number of nitrogens with zero attached hydrogens (tertiary/aromatic N) is 1. The maximum atomic E-state index is 10.8. The Kier molecular flexibility index (Phi) is 3.47. The first kappa shape index (κ1) is 12.4. The number of thiazole rings is 1. The summed E-state index contributed by atoms with van der Waals surface area (Å²) in [4.78, 5) is 14.9. The minimum atomic E-state index is -1.04. The molecule has 1 heterocycles. The van der Waals surface area contributed by atoms with Crippen molar-refractivity contribution in [2.24, 2.45) is 0 Å². The third kappa shape index (κ3) is 2.14. The smallest absolute Gasteiger partial charge is 0.355 e. The van der Waals surface area contributed by atoms with Gasteiger partial charge in [-0.2, -0.15) is 0 Å². The number of carboxylic acid groups (broad SMARTS) is 1. The lowest BCUT2D eigenvalue weighted by Gasteiger charge is -2.10. The minimum Gasteiger partial charge on any atom is -0.493 e. The number of rotatable bonds is 4. The summed E-state index contributed by atoms with van der Waals surface area (Å²) in [6.07, 6.45) is 0. The molecule has 1 N–H and O–H groups in total. The summed E-state index contributed by atoms with van der Waals surface area (Å²) in [5.74, 6) is 0.0905. The highest BCUT2D eigenvalue weighted by Gasteiger charge is 2.16. The molecule has 0 bridgehead atoms. The molecule has 5 nitrogen and oxygen atoms in total. The normalized spacial score (nSPS) is 10.1. The number of hydrogen-bond donors (Lipinski definition) is 1. The summed E-state index contributed by atoms with van der Waals surface area (Å²) in [7, 11) is 3.08. The van der Waals surface area contributed by atoms with E-state index in [2.05, 4.69) is 4.98 Å². The lowest BCUT2D eigenvalue weighted by molar-refractivity contribution is 0.0691. The molecule has 0 saturated heterocycles. The predicted molar refractivity (Wildman–Crippen MR) is 67.6 cm³/mol. The molecule has 0 aliphatic heterocycles. The number of aromatic nitrogens is 1. The average Bonchev–Trinajstić information content (AvgIpc) is 2.87. The topological polar surface area (TPSA) is 68.7 Å². The Labute approximate surface area is 108 Å². The Morgan fingerprint density at radius 2 is 2.11 bits per heavy atom. The summed E-state index contributed by atoms with van der Waals surface area (Å²) in [6.45, 7) is 0. The Hall–Kier alpha value is -2.08. The first-order valence-electron chi connectivity index (χ1n) is 5.07. The monoisotopic (exact) mass is 265 g/mol. The van der Waals surface area contributed by atoms with Crippen LogP contribution in [0.1, 0.15) is 10.5 Å². The van der Waals surface area contributed by atoms with Gasteiger partial charge in [-0.1, -0.05) is 6.07 Å². The number of methoxy groups -OCH3 is 2. The minimum absolute atomic E-state index is 0.0277. The van der Waals surface area contributed by atoms with Crippen LogP contribution < -0.4 is 9.47 Å². The van der Waals surface area contributed by atoms with Crippen LogP contribution in [0.5, 0.6) is 11.5 Å². The van der Waals surface area contributed by atoms with Crippen molar-refractivity contribution in [1.82, 2.24) is 4.98 Å². The third-order valence-electron chi connectivity index (χ3n) is 2.36. The number of benzene rings is 1. The van der Waals surface area contributed by atoms with Gasteiger partial charge in [-0.25, -0.2) is 9.78 Å². The highest BCUT2D eigenvalue weighted by Crippen LogP contribution is 2.38. The van der Waals surface area contributed by atoms with Crippen LogP contribution in [0.15, 0.2) is 23.6 Å². The molecule has 6 heteroatoms. The Morgan fingerprint density at radius 1 is 1.33 bits per heavy atom. The second kappa shape index (κ2) is 5.05. The number of hydrogen-bond acceptors (Lipinski definition) is 5. The molecular formula is C12H11NO4S. The highest BCUT2D eigenvalue weighted by molar-refractivity contribution is 7.13. The van der Waals surface area contributed by atoms with Gasteiger partial charge in [0.15, 0.2) is 17.2 Å². The van der Waals surface area contributed by atoms with E-state index in [9.17, 15) is 4.79 Å². The molecule has 18 heavy (non-hydrogen) atoms. The summed E-state index contributed by atoms with van der Waals surface area (Å²) in [6, 6.07) is 5.39. The van der Waals surface area contributed by atoms with Crippen LogP contribution in [0, 0.1) is 0 Å². The van der Waals surface area contributed by atoms with E-state index in [1.165, 1.54) is 23.8 Å². The molecule has 0 aliphatic rings. The largest absolute Gasteiger partial charge is 0.493 e. The molecule has 0 atom stereocenters. The molecule has 0 fully saturated rings. The van der Waals surface area contributed by atoms with Gasteiger partial charge in [0.2, 0.25) is 0 Å². The second-order valence-electron chi connectivity index (χ2n) is 3.38. The maximum Gasteiger partial charge on any atom is 0.355 e. The Morgan fingerprint density at radius 3 is 2.67 bits per heavy atom. The van der Waals surface area contributed by atoms with Crippen LogP contribution in [0.4, 0.5) is 0 Å². The van der Waals surface area contributed by atoms with Gasteiger partial charge in [0, 0.05) is 5.38 Å². The number of carboxylic acids is 1. The number of aromatic carboxylic acids is 1. The fraction of sp³-hybridized carbons (Fsp3) is 0.167. The van der Waals surface area contributed by atoms with Crippen LogP contribution in [0.3, 0.4) is 0 Å². The van der Waals surface area contributed by atoms with Gasteiger partial charge in [0.05, 0.1) is 19.8 Å². The summed E-state index contributed by atoms with van der Waals surface area (Å²) >= 11 is 1.25. The maximum absolute atomic E-state index is 10.8. The van der Waals surface area contributed by atoms with Gasteiger partial charge in [0.25, 0.3) is 0 Å². The van der Waals surface area contributed by atoms with Gasteiger partial charge in [-0.3, -0.25) is 0 Å². The van der Waals surface area contributed by atoms with E-state index >= 15 is 0 Å². The summed E-state index contributed by atoms with van der Waals surface area (Å²) < 4.78 is 10.5. The summed E-state index contributed by atoms with van der Waals surface area (Å²) in [5.41, 5.74) is 0.745. The van der Waals surface area contributed by atoms with Crippen molar-refractivity contribution < 1.29 is 19.4 Å². The predicted octanol–water partition coefficient (Wildman–Crippen LogP) is 2.53. The Bertz CT molecular complexity index is 579. The molecular weight excluding hydrogens is 254 g/mol. The fourth-order valence-electron chi connectivity index (χ4n) is 1.55. The SMILES string of the molecule is COc1cccc(-c2nc(C(=O)O)cs2)c1OC. The molecule has 0 spiro atoms. The molecule has 1 aromatic carbocycles. The van der Waals surface area contributed by atoms with Crippen molar-refractivity contribution in [3.8, 4) is 22.1 Å². The van der Waals surface area contributed by atoms with Gasteiger partial charge < -0.3 is 14.6 Å². The second-order valence-corrected chi connectivity index (χ2v) is 4.24. The zero-order valence-electron chi connectivity index (χ0n) is 9.84. The van der Waals surface area contributed by atoms with Gasteiger partial charge in [-0.15, -0.1) is 11.3 Å². The lowest BCUT2D eigenvalue weighted by atomic mass is 10.2. The fourth-order valence-corrected chi connectivity index (χ4v) is 2.37.